The summed E-state index contributed by atoms with van der Waals surface area (Å²) in [5.41, 5.74) is 1.02. The maximum Gasteiger partial charge on any atom is 0.133 e. The van der Waals surface area contributed by atoms with Crippen LogP contribution in [0.4, 0.5) is 5.82 Å². The molecule has 0 aliphatic carbocycles. The highest BCUT2D eigenvalue weighted by atomic mass is 79.9. The molecule has 3 nitrogen and oxygen atoms in total. The van der Waals surface area contributed by atoms with Gasteiger partial charge in [-0.25, -0.2) is 4.98 Å². The predicted molar refractivity (Wildman–Crippen MR) is 71.2 cm³/mol. The van der Waals surface area contributed by atoms with E-state index in [1.807, 2.05) is 13.1 Å². The molecule has 0 radical (unpaired) electrons. The molecule has 0 aromatic carbocycles. The highest BCUT2D eigenvalue weighted by Crippen LogP contribution is 2.23. The van der Waals surface area contributed by atoms with Gasteiger partial charge in [0.05, 0.1) is 18.5 Å². The molecule has 0 saturated heterocycles. The zero-order valence-electron chi connectivity index (χ0n) is 9.70. The molecule has 1 aromatic heterocycles. The molecule has 1 aromatic rings. The largest absolute Gasteiger partial charge is 0.383 e. The number of nitrogens with zero attached hydrogens (tertiary/aromatic N) is 2. The summed E-state index contributed by atoms with van der Waals surface area (Å²) in [5.74, 6) is 1.36. The first-order valence-corrected chi connectivity index (χ1v) is 6.35. The van der Waals surface area contributed by atoms with Crippen LogP contribution in [0.5, 0.6) is 0 Å². The van der Waals surface area contributed by atoms with Gasteiger partial charge in [-0.1, -0.05) is 0 Å². The lowest BCUT2D eigenvalue weighted by molar-refractivity contribution is 0.183. The Bertz CT molecular complexity index is 349. The number of halogens is 2. The summed E-state index contributed by atoms with van der Waals surface area (Å²) in [6, 6.07) is 2.26. The summed E-state index contributed by atoms with van der Waals surface area (Å²) in [6.45, 7) is 2.75. The molecule has 16 heavy (non-hydrogen) atoms. The van der Waals surface area contributed by atoms with Crippen LogP contribution in [0.1, 0.15) is 12.5 Å². The van der Waals surface area contributed by atoms with Gasteiger partial charge in [-0.3, -0.25) is 0 Å². The third-order valence-corrected chi connectivity index (χ3v) is 3.18. The number of alkyl halides is 1. The lowest BCUT2D eigenvalue weighted by atomic mass is 10.2. The van der Waals surface area contributed by atoms with Crippen molar-refractivity contribution in [1.29, 1.82) is 0 Å². The van der Waals surface area contributed by atoms with Gasteiger partial charge in [0.15, 0.2) is 0 Å². The Morgan fingerprint density at radius 2 is 2.31 bits per heavy atom. The van der Waals surface area contributed by atoms with Crippen LogP contribution in [0.2, 0.25) is 0 Å². The van der Waals surface area contributed by atoms with Crippen molar-refractivity contribution in [3.63, 3.8) is 0 Å². The fraction of sp³-hybridized carbons (Fsp3) is 0.545. The van der Waals surface area contributed by atoms with E-state index in [2.05, 4.69) is 32.7 Å². The summed E-state index contributed by atoms with van der Waals surface area (Å²) in [7, 11) is 3.69. The Hall–Kier alpha value is -0.320. The molecule has 1 unspecified atom stereocenters. The van der Waals surface area contributed by atoms with Crippen molar-refractivity contribution in [3.05, 3.63) is 22.3 Å². The van der Waals surface area contributed by atoms with E-state index in [-0.39, 0.29) is 6.04 Å². The standard InChI is InChI=1S/C11H16BrClN2O/c1-8(7-16-3)15(2)11-9(5-13)4-10(12)6-14-11/h4,6,8H,5,7H2,1-3H3. The fourth-order valence-corrected chi connectivity index (χ4v) is 2.03. The van der Waals surface area contributed by atoms with Crippen LogP contribution in [-0.2, 0) is 10.6 Å². The van der Waals surface area contributed by atoms with Crippen LogP contribution in [0.15, 0.2) is 16.7 Å². The summed E-state index contributed by atoms with van der Waals surface area (Å²) in [4.78, 5) is 6.47. The van der Waals surface area contributed by atoms with Gasteiger partial charge in [0, 0.05) is 30.4 Å². The van der Waals surface area contributed by atoms with E-state index < -0.39 is 0 Å². The van der Waals surface area contributed by atoms with Crippen molar-refractivity contribution >= 4 is 33.3 Å². The Kier molecular flexibility index (Phi) is 5.52. The van der Waals surface area contributed by atoms with Crippen molar-refractivity contribution in [1.82, 2.24) is 4.98 Å². The second-order valence-corrected chi connectivity index (χ2v) is 4.87. The maximum absolute atomic E-state index is 5.91. The van der Waals surface area contributed by atoms with Crippen molar-refractivity contribution in [2.75, 3.05) is 25.7 Å². The zero-order valence-corrected chi connectivity index (χ0v) is 12.0. The number of rotatable bonds is 5. The predicted octanol–water partition coefficient (Wildman–Crippen LogP) is 3.05. The van der Waals surface area contributed by atoms with Gasteiger partial charge in [-0.15, -0.1) is 11.6 Å². The fourth-order valence-electron chi connectivity index (χ4n) is 1.45. The molecule has 1 heterocycles. The van der Waals surface area contributed by atoms with Crippen molar-refractivity contribution in [2.24, 2.45) is 0 Å². The van der Waals surface area contributed by atoms with E-state index in [0.717, 1.165) is 15.9 Å². The van der Waals surface area contributed by atoms with Crippen molar-refractivity contribution in [3.8, 4) is 0 Å². The number of hydrogen-bond donors (Lipinski definition) is 0. The molecule has 0 spiro atoms. The second-order valence-electron chi connectivity index (χ2n) is 3.69. The number of aromatic nitrogens is 1. The van der Waals surface area contributed by atoms with Crippen LogP contribution in [0.25, 0.3) is 0 Å². The molecule has 0 N–H and O–H groups in total. The summed E-state index contributed by atoms with van der Waals surface area (Å²) in [6.07, 6.45) is 1.78. The number of pyridine rings is 1. The van der Waals surface area contributed by atoms with E-state index in [1.165, 1.54) is 0 Å². The third-order valence-electron chi connectivity index (χ3n) is 2.46. The number of methoxy groups -OCH3 is 1. The van der Waals surface area contributed by atoms with Crippen molar-refractivity contribution in [2.45, 2.75) is 18.8 Å². The lowest BCUT2D eigenvalue weighted by Gasteiger charge is -2.27. The van der Waals surface area contributed by atoms with E-state index in [0.29, 0.717) is 12.5 Å². The van der Waals surface area contributed by atoms with E-state index in [1.54, 1.807) is 13.3 Å². The number of anilines is 1. The Labute approximate surface area is 110 Å². The first-order valence-electron chi connectivity index (χ1n) is 5.02. The van der Waals surface area contributed by atoms with Gasteiger partial charge in [0.1, 0.15) is 5.82 Å². The molecule has 0 saturated carbocycles. The highest BCUT2D eigenvalue weighted by molar-refractivity contribution is 9.10. The zero-order chi connectivity index (χ0) is 12.1. The average Bonchev–Trinajstić information content (AvgIpc) is 2.28. The van der Waals surface area contributed by atoms with Gasteiger partial charge in [0.2, 0.25) is 0 Å². The molecule has 0 amide bonds. The second kappa shape index (κ2) is 6.42. The van der Waals surface area contributed by atoms with Crippen LogP contribution in [0, 0.1) is 0 Å². The highest BCUT2D eigenvalue weighted by Gasteiger charge is 2.14. The topological polar surface area (TPSA) is 25.4 Å². The summed E-state index contributed by atoms with van der Waals surface area (Å²) >= 11 is 9.30. The SMILES string of the molecule is COCC(C)N(C)c1ncc(Br)cc1CCl. The number of hydrogen-bond acceptors (Lipinski definition) is 3. The van der Waals surface area contributed by atoms with Crippen LogP contribution in [0.3, 0.4) is 0 Å². The van der Waals surface area contributed by atoms with E-state index in [4.69, 9.17) is 16.3 Å². The Morgan fingerprint density at radius 3 is 2.88 bits per heavy atom. The molecule has 0 bridgehead atoms. The maximum atomic E-state index is 5.91. The molecular weight excluding hydrogens is 291 g/mol. The van der Waals surface area contributed by atoms with Gasteiger partial charge in [-0.2, -0.15) is 0 Å². The summed E-state index contributed by atoms with van der Waals surface area (Å²) in [5, 5.41) is 0. The molecule has 0 fully saturated rings. The smallest absolute Gasteiger partial charge is 0.133 e. The van der Waals surface area contributed by atoms with E-state index >= 15 is 0 Å². The third kappa shape index (κ3) is 3.34. The monoisotopic (exact) mass is 306 g/mol. The first-order chi connectivity index (χ1) is 7.60. The molecule has 1 atom stereocenters. The average molecular weight is 308 g/mol. The van der Waals surface area contributed by atoms with E-state index in [9.17, 15) is 0 Å². The van der Waals surface area contributed by atoms with Gasteiger partial charge < -0.3 is 9.64 Å². The van der Waals surface area contributed by atoms with Crippen LogP contribution < -0.4 is 4.90 Å². The summed E-state index contributed by atoms with van der Waals surface area (Å²) < 4.78 is 6.08. The minimum absolute atomic E-state index is 0.264. The van der Waals surface area contributed by atoms with Gasteiger partial charge in [0.25, 0.3) is 0 Å². The Balaban J connectivity index is 2.93. The Morgan fingerprint density at radius 1 is 1.62 bits per heavy atom. The molecule has 0 aliphatic rings. The minimum Gasteiger partial charge on any atom is -0.383 e. The molecule has 0 aliphatic heterocycles. The minimum atomic E-state index is 0.264. The molecule has 1 rings (SSSR count). The van der Waals surface area contributed by atoms with Crippen LogP contribution in [-0.4, -0.2) is 31.8 Å². The molecule has 90 valence electrons. The van der Waals surface area contributed by atoms with Crippen LogP contribution >= 0.6 is 27.5 Å². The number of likely N-dealkylation sites (N-methyl/N-ethyl adjacent to an activating group) is 1. The van der Waals surface area contributed by atoms with Crippen molar-refractivity contribution < 1.29 is 4.74 Å². The number of ether oxygens (including phenoxy) is 1. The normalized spacial score (nSPS) is 12.6. The lowest BCUT2D eigenvalue weighted by Crippen LogP contribution is -2.33. The molecular formula is C11H16BrClN2O. The van der Waals surface area contributed by atoms with Gasteiger partial charge >= 0.3 is 0 Å². The van der Waals surface area contributed by atoms with Gasteiger partial charge in [-0.05, 0) is 28.9 Å². The first kappa shape index (κ1) is 13.7. The quantitative estimate of drug-likeness (QED) is 0.782. The molecule has 5 heteroatoms.